The summed E-state index contributed by atoms with van der Waals surface area (Å²) in [5.74, 6) is 0. The molecule has 0 spiro atoms. The van der Waals surface area contributed by atoms with E-state index in [-0.39, 0.29) is 0 Å². The number of methoxy groups -OCH3 is 1. The van der Waals surface area contributed by atoms with Gasteiger partial charge >= 0.3 is 0 Å². The van der Waals surface area contributed by atoms with Crippen molar-refractivity contribution in [2.45, 2.75) is 39.2 Å². The van der Waals surface area contributed by atoms with Crippen LogP contribution in [0.2, 0.25) is 0 Å². The number of nitrogens with one attached hydrogen (secondary N) is 1. The second-order valence-electron chi connectivity index (χ2n) is 2.81. The normalized spacial score (nSPS) is 10.9. The maximum atomic E-state index is 4.95. The van der Waals surface area contributed by atoms with Crippen LogP contribution in [-0.4, -0.2) is 26.3 Å². The molecule has 2 heteroatoms. The van der Waals surface area contributed by atoms with E-state index in [9.17, 15) is 0 Å². The van der Waals surface area contributed by atoms with Crippen molar-refractivity contribution in [3.8, 4) is 0 Å². The van der Waals surface area contributed by atoms with Crippen LogP contribution in [0.1, 0.15) is 33.1 Å². The summed E-state index contributed by atoms with van der Waals surface area (Å²) < 4.78 is 4.95. The van der Waals surface area contributed by atoms with Gasteiger partial charge in [0.1, 0.15) is 0 Å². The molecule has 1 N–H and O–H groups in total. The highest BCUT2D eigenvalue weighted by molar-refractivity contribution is 4.61. The SMILES string of the molecule is CCC(CC)NCCCOC. The molecule has 0 aliphatic rings. The summed E-state index contributed by atoms with van der Waals surface area (Å²) in [4.78, 5) is 0. The van der Waals surface area contributed by atoms with Gasteiger partial charge in [-0.1, -0.05) is 13.8 Å². The lowest BCUT2D eigenvalue weighted by Crippen LogP contribution is -2.29. The lowest BCUT2D eigenvalue weighted by molar-refractivity contribution is 0.193. The van der Waals surface area contributed by atoms with E-state index in [1.54, 1.807) is 7.11 Å². The van der Waals surface area contributed by atoms with E-state index in [0.29, 0.717) is 6.04 Å². The van der Waals surface area contributed by atoms with Gasteiger partial charge in [-0.2, -0.15) is 0 Å². The number of ether oxygens (including phenoxy) is 1. The summed E-state index contributed by atoms with van der Waals surface area (Å²) in [6.45, 7) is 6.39. The van der Waals surface area contributed by atoms with E-state index >= 15 is 0 Å². The first-order valence-electron chi connectivity index (χ1n) is 4.57. The van der Waals surface area contributed by atoms with E-state index < -0.39 is 0 Å². The average Bonchev–Trinajstić information content (AvgIpc) is 2.05. The average molecular weight is 159 g/mol. The van der Waals surface area contributed by atoms with Crippen molar-refractivity contribution in [3.05, 3.63) is 0 Å². The Kier molecular flexibility index (Phi) is 7.96. The molecule has 0 radical (unpaired) electrons. The first-order chi connectivity index (χ1) is 5.35. The van der Waals surface area contributed by atoms with Gasteiger partial charge in [0, 0.05) is 19.8 Å². The molecule has 0 atom stereocenters. The van der Waals surface area contributed by atoms with Crippen molar-refractivity contribution in [2.24, 2.45) is 0 Å². The molecule has 11 heavy (non-hydrogen) atoms. The zero-order valence-electron chi connectivity index (χ0n) is 8.02. The minimum Gasteiger partial charge on any atom is -0.385 e. The van der Waals surface area contributed by atoms with Gasteiger partial charge in [-0.3, -0.25) is 0 Å². The Morgan fingerprint density at radius 1 is 1.27 bits per heavy atom. The molecule has 0 aliphatic heterocycles. The highest BCUT2D eigenvalue weighted by atomic mass is 16.5. The van der Waals surface area contributed by atoms with Crippen LogP contribution in [0.5, 0.6) is 0 Å². The molecule has 68 valence electrons. The maximum Gasteiger partial charge on any atom is 0.0474 e. The Morgan fingerprint density at radius 3 is 2.36 bits per heavy atom. The zero-order valence-corrected chi connectivity index (χ0v) is 8.02. The Labute approximate surface area is 70.3 Å². The van der Waals surface area contributed by atoms with Crippen LogP contribution in [0.3, 0.4) is 0 Å². The van der Waals surface area contributed by atoms with Gasteiger partial charge in [-0.05, 0) is 25.8 Å². The fourth-order valence-corrected chi connectivity index (χ4v) is 1.10. The topological polar surface area (TPSA) is 21.3 Å². The predicted molar refractivity (Wildman–Crippen MR) is 48.9 cm³/mol. The van der Waals surface area contributed by atoms with E-state index in [4.69, 9.17) is 4.74 Å². The smallest absolute Gasteiger partial charge is 0.0474 e. The molecular formula is C9H21NO. The highest BCUT2D eigenvalue weighted by Gasteiger charge is 1.99. The molecule has 0 saturated carbocycles. The van der Waals surface area contributed by atoms with Crippen molar-refractivity contribution in [2.75, 3.05) is 20.3 Å². The van der Waals surface area contributed by atoms with Gasteiger partial charge in [-0.25, -0.2) is 0 Å². The molecule has 0 bridgehead atoms. The fourth-order valence-electron chi connectivity index (χ4n) is 1.10. The number of hydrogen-bond acceptors (Lipinski definition) is 2. The standard InChI is InChI=1S/C9H21NO/c1-4-9(5-2)10-7-6-8-11-3/h9-10H,4-8H2,1-3H3. The quantitative estimate of drug-likeness (QED) is 0.572. The molecule has 0 aliphatic carbocycles. The Hall–Kier alpha value is -0.0800. The Morgan fingerprint density at radius 2 is 1.91 bits per heavy atom. The van der Waals surface area contributed by atoms with Crippen molar-refractivity contribution in [1.82, 2.24) is 5.32 Å². The molecule has 0 unspecified atom stereocenters. The lowest BCUT2D eigenvalue weighted by Gasteiger charge is -2.13. The van der Waals surface area contributed by atoms with Crippen LogP contribution in [0.4, 0.5) is 0 Å². The van der Waals surface area contributed by atoms with E-state index in [1.807, 2.05) is 0 Å². The molecule has 0 aromatic rings. The number of rotatable bonds is 7. The molecule has 0 rings (SSSR count). The largest absolute Gasteiger partial charge is 0.385 e. The van der Waals surface area contributed by atoms with Gasteiger partial charge in [0.2, 0.25) is 0 Å². The summed E-state index contributed by atoms with van der Waals surface area (Å²) in [5.41, 5.74) is 0. The van der Waals surface area contributed by atoms with Crippen LogP contribution in [0.15, 0.2) is 0 Å². The molecule has 0 heterocycles. The first kappa shape index (κ1) is 10.9. The summed E-state index contributed by atoms with van der Waals surface area (Å²) in [7, 11) is 1.75. The van der Waals surface area contributed by atoms with Gasteiger partial charge in [-0.15, -0.1) is 0 Å². The van der Waals surface area contributed by atoms with Crippen molar-refractivity contribution >= 4 is 0 Å². The summed E-state index contributed by atoms with van der Waals surface area (Å²) >= 11 is 0. The third kappa shape index (κ3) is 6.32. The van der Waals surface area contributed by atoms with Crippen molar-refractivity contribution < 1.29 is 4.74 Å². The van der Waals surface area contributed by atoms with Crippen LogP contribution < -0.4 is 5.32 Å². The second-order valence-corrected chi connectivity index (χ2v) is 2.81. The van der Waals surface area contributed by atoms with E-state index in [2.05, 4.69) is 19.2 Å². The van der Waals surface area contributed by atoms with Gasteiger partial charge in [0.05, 0.1) is 0 Å². The summed E-state index contributed by atoms with van der Waals surface area (Å²) in [6, 6.07) is 0.701. The number of hydrogen-bond donors (Lipinski definition) is 1. The third-order valence-electron chi connectivity index (χ3n) is 1.94. The molecule has 0 aromatic carbocycles. The van der Waals surface area contributed by atoms with Crippen LogP contribution in [0, 0.1) is 0 Å². The van der Waals surface area contributed by atoms with E-state index in [1.165, 1.54) is 12.8 Å². The van der Waals surface area contributed by atoms with Crippen molar-refractivity contribution in [3.63, 3.8) is 0 Å². The maximum absolute atomic E-state index is 4.95. The highest BCUT2D eigenvalue weighted by Crippen LogP contribution is 1.95. The minimum absolute atomic E-state index is 0.701. The van der Waals surface area contributed by atoms with Crippen LogP contribution in [0.25, 0.3) is 0 Å². The van der Waals surface area contributed by atoms with Crippen LogP contribution >= 0.6 is 0 Å². The monoisotopic (exact) mass is 159 g/mol. The van der Waals surface area contributed by atoms with Crippen molar-refractivity contribution in [1.29, 1.82) is 0 Å². The summed E-state index contributed by atoms with van der Waals surface area (Å²) in [6.07, 6.45) is 3.57. The van der Waals surface area contributed by atoms with Gasteiger partial charge in [0.25, 0.3) is 0 Å². The third-order valence-corrected chi connectivity index (χ3v) is 1.94. The molecule has 0 aromatic heterocycles. The molecule has 2 nitrogen and oxygen atoms in total. The molecular weight excluding hydrogens is 138 g/mol. The lowest BCUT2D eigenvalue weighted by atomic mass is 10.2. The van der Waals surface area contributed by atoms with Gasteiger partial charge in [0.15, 0.2) is 0 Å². The molecule has 0 amide bonds. The Bertz CT molecular complexity index is 72.0. The molecule has 0 saturated heterocycles. The zero-order chi connectivity index (χ0) is 8.53. The van der Waals surface area contributed by atoms with Crippen LogP contribution in [-0.2, 0) is 4.74 Å². The second kappa shape index (κ2) is 8.02. The summed E-state index contributed by atoms with van der Waals surface area (Å²) in [5, 5.41) is 3.47. The van der Waals surface area contributed by atoms with E-state index in [0.717, 1.165) is 19.6 Å². The fraction of sp³-hybridized carbons (Fsp3) is 1.00. The van der Waals surface area contributed by atoms with Gasteiger partial charge < -0.3 is 10.1 Å². The minimum atomic E-state index is 0.701. The first-order valence-corrected chi connectivity index (χ1v) is 4.57. The Balaban J connectivity index is 3.07. The predicted octanol–water partition coefficient (Wildman–Crippen LogP) is 1.80. The molecule has 0 fully saturated rings.